The highest BCUT2D eigenvalue weighted by Crippen LogP contribution is 2.33. The fourth-order valence-electron chi connectivity index (χ4n) is 3.58. The Morgan fingerprint density at radius 2 is 1.94 bits per heavy atom. The first-order chi connectivity index (χ1) is 15.7. The number of amides is 1. The molecule has 1 unspecified atom stereocenters. The van der Waals surface area contributed by atoms with Crippen LogP contribution in [0.5, 0.6) is 5.75 Å². The predicted molar refractivity (Wildman–Crippen MR) is 124 cm³/mol. The van der Waals surface area contributed by atoms with E-state index in [-0.39, 0.29) is 29.6 Å². The lowest BCUT2D eigenvalue weighted by Crippen LogP contribution is -2.42. The van der Waals surface area contributed by atoms with Crippen LogP contribution >= 0.6 is 11.3 Å². The number of nitrogens with one attached hydrogen (secondary N) is 3. The Labute approximate surface area is 191 Å². The van der Waals surface area contributed by atoms with E-state index in [0.717, 1.165) is 4.88 Å². The molecule has 170 valence electrons. The van der Waals surface area contributed by atoms with Gasteiger partial charge in [-0.2, -0.15) is 4.98 Å². The van der Waals surface area contributed by atoms with Gasteiger partial charge in [-0.3, -0.25) is 14.6 Å². The molecule has 11 heteroatoms. The van der Waals surface area contributed by atoms with Crippen molar-refractivity contribution in [2.45, 2.75) is 25.3 Å². The maximum absolute atomic E-state index is 12.7. The molecule has 33 heavy (non-hydrogen) atoms. The summed E-state index contributed by atoms with van der Waals surface area (Å²) >= 11 is 1.22. The number of carboxylic acids is 1. The largest absolute Gasteiger partial charge is 0.508 e. The minimum Gasteiger partial charge on any atom is -0.508 e. The van der Waals surface area contributed by atoms with Crippen LogP contribution in [0.15, 0.2) is 47.4 Å². The normalized spacial score (nSPS) is 13.0. The summed E-state index contributed by atoms with van der Waals surface area (Å²) in [4.78, 5) is 47.5. The van der Waals surface area contributed by atoms with E-state index < -0.39 is 17.9 Å². The fourth-order valence-corrected chi connectivity index (χ4v) is 4.56. The zero-order chi connectivity index (χ0) is 23.7. The molecule has 0 radical (unpaired) electrons. The third-order valence-electron chi connectivity index (χ3n) is 5.31. The van der Waals surface area contributed by atoms with E-state index in [4.69, 9.17) is 5.73 Å². The van der Waals surface area contributed by atoms with Crippen LogP contribution in [-0.4, -0.2) is 43.1 Å². The number of hydrogen-bond donors (Lipinski definition) is 6. The van der Waals surface area contributed by atoms with Gasteiger partial charge in [-0.25, -0.2) is 4.79 Å². The van der Waals surface area contributed by atoms with Crippen molar-refractivity contribution >= 4 is 40.2 Å². The summed E-state index contributed by atoms with van der Waals surface area (Å²) in [5.41, 5.74) is 7.00. The lowest BCUT2D eigenvalue weighted by atomic mass is 10.0. The molecule has 0 aliphatic rings. The van der Waals surface area contributed by atoms with Gasteiger partial charge in [-0.05, 0) is 35.4 Å². The Kier molecular flexibility index (Phi) is 5.88. The Hall–Kier alpha value is -4.12. The number of anilines is 1. The van der Waals surface area contributed by atoms with Crippen LogP contribution in [0.1, 0.15) is 38.5 Å². The zero-order valence-electron chi connectivity index (χ0n) is 17.5. The summed E-state index contributed by atoms with van der Waals surface area (Å²) in [5, 5.41) is 21.9. The summed E-state index contributed by atoms with van der Waals surface area (Å²) < 4.78 is 0. The van der Waals surface area contributed by atoms with E-state index in [9.17, 15) is 24.6 Å². The van der Waals surface area contributed by atoms with Gasteiger partial charge < -0.3 is 26.2 Å². The van der Waals surface area contributed by atoms with Crippen LogP contribution < -0.4 is 16.6 Å². The van der Waals surface area contributed by atoms with E-state index in [1.165, 1.54) is 23.5 Å². The molecule has 0 aliphatic heterocycles. The van der Waals surface area contributed by atoms with Crippen molar-refractivity contribution in [3.05, 3.63) is 73.8 Å². The number of aliphatic carboxylic acids is 1. The first-order valence-electron chi connectivity index (χ1n) is 10.0. The molecule has 3 aromatic heterocycles. The van der Waals surface area contributed by atoms with Crippen LogP contribution in [-0.2, 0) is 11.2 Å². The van der Waals surface area contributed by atoms with Crippen LogP contribution in [0.3, 0.4) is 0 Å². The number of phenolic OH excluding ortho intramolecular Hbond substituents is 1. The van der Waals surface area contributed by atoms with Gasteiger partial charge in [0.25, 0.3) is 11.5 Å². The summed E-state index contributed by atoms with van der Waals surface area (Å²) in [6.07, 6.45) is 1.76. The Morgan fingerprint density at radius 3 is 2.64 bits per heavy atom. The maximum atomic E-state index is 12.7. The molecule has 0 saturated heterocycles. The van der Waals surface area contributed by atoms with Crippen molar-refractivity contribution in [3.63, 3.8) is 0 Å². The SMILES string of the molecule is CC(c1ccc(C(=O)N[C@@H](Cc2ccc(O)cc2)C(=O)O)s1)c1c[nH]c2nc(N)[nH]c(=O)c12. The number of nitrogens with two attached hydrogens (primary N) is 1. The van der Waals surface area contributed by atoms with Crippen LogP contribution in [0, 0.1) is 0 Å². The number of aromatic hydroxyl groups is 1. The second-order valence-corrected chi connectivity index (χ2v) is 8.69. The molecule has 2 atom stereocenters. The van der Waals surface area contributed by atoms with E-state index in [1.54, 1.807) is 30.5 Å². The minimum atomic E-state index is -1.16. The van der Waals surface area contributed by atoms with E-state index in [1.807, 2.05) is 6.92 Å². The topological polar surface area (TPSA) is 174 Å². The first kappa shape index (κ1) is 22.1. The first-order valence-corrected chi connectivity index (χ1v) is 10.8. The van der Waals surface area contributed by atoms with Crippen LogP contribution in [0.2, 0.25) is 0 Å². The highest BCUT2D eigenvalue weighted by Gasteiger charge is 2.24. The molecular formula is C22H21N5O5S. The number of phenols is 1. The summed E-state index contributed by atoms with van der Waals surface area (Å²) in [6.45, 7) is 1.90. The fraction of sp³-hybridized carbons (Fsp3) is 0.182. The smallest absolute Gasteiger partial charge is 0.326 e. The molecule has 0 fully saturated rings. The van der Waals surface area contributed by atoms with Crippen molar-refractivity contribution < 1.29 is 19.8 Å². The number of nitrogens with zero attached hydrogens (tertiary/aromatic N) is 1. The number of hydrogen-bond acceptors (Lipinski definition) is 7. The number of carbonyl (C=O) groups is 2. The lowest BCUT2D eigenvalue weighted by molar-refractivity contribution is -0.139. The maximum Gasteiger partial charge on any atom is 0.326 e. The minimum absolute atomic E-state index is 0.0175. The third kappa shape index (κ3) is 4.58. The van der Waals surface area contributed by atoms with Gasteiger partial charge in [0.05, 0.1) is 10.3 Å². The van der Waals surface area contributed by atoms with Gasteiger partial charge in [0, 0.05) is 23.4 Å². The molecule has 0 spiro atoms. The van der Waals surface area contributed by atoms with Gasteiger partial charge in [0.1, 0.15) is 17.4 Å². The molecule has 0 saturated carbocycles. The van der Waals surface area contributed by atoms with Crippen molar-refractivity contribution in [1.82, 2.24) is 20.3 Å². The van der Waals surface area contributed by atoms with Gasteiger partial charge in [0.2, 0.25) is 5.95 Å². The van der Waals surface area contributed by atoms with Crippen molar-refractivity contribution in [2.75, 3.05) is 5.73 Å². The van der Waals surface area contributed by atoms with Crippen LogP contribution in [0.25, 0.3) is 11.0 Å². The highest BCUT2D eigenvalue weighted by atomic mass is 32.1. The Morgan fingerprint density at radius 1 is 1.21 bits per heavy atom. The predicted octanol–water partition coefficient (Wildman–Crippen LogP) is 2.18. The van der Waals surface area contributed by atoms with Crippen LogP contribution in [0.4, 0.5) is 5.95 Å². The summed E-state index contributed by atoms with van der Waals surface area (Å²) in [7, 11) is 0. The number of carboxylic acid groups (broad SMARTS) is 1. The van der Waals surface area contributed by atoms with Crippen molar-refractivity contribution in [1.29, 1.82) is 0 Å². The second kappa shape index (κ2) is 8.79. The lowest BCUT2D eigenvalue weighted by Gasteiger charge is -2.14. The van der Waals surface area contributed by atoms with Gasteiger partial charge >= 0.3 is 5.97 Å². The molecule has 0 aliphatic carbocycles. The average molecular weight is 468 g/mol. The average Bonchev–Trinajstić information content (AvgIpc) is 3.42. The molecule has 4 aromatic rings. The quantitative estimate of drug-likeness (QED) is 0.241. The number of H-pyrrole nitrogens is 2. The number of nitrogen functional groups attached to an aromatic ring is 1. The number of fused-ring (bicyclic) bond motifs is 1. The van der Waals surface area contributed by atoms with Gasteiger partial charge in [-0.1, -0.05) is 19.1 Å². The number of carbonyl (C=O) groups excluding carboxylic acids is 1. The number of aromatic nitrogens is 3. The highest BCUT2D eigenvalue weighted by molar-refractivity contribution is 7.14. The van der Waals surface area contributed by atoms with Gasteiger partial charge in [-0.15, -0.1) is 11.3 Å². The zero-order valence-corrected chi connectivity index (χ0v) is 18.3. The Bertz CT molecular complexity index is 1390. The van der Waals surface area contributed by atoms with E-state index in [2.05, 4.69) is 20.3 Å². The van der Waals surface area contributed by atoms with E-state index in [0.29, 0.717) is 27.0 Å². The van der Waals surface area contributed by atoms with Crippen molar-refractivity contribution in [3.8, 4) is 5.75 Å². The third-order valence-corrected chi connectivity index (χ3v) is 6.58. The number of aromatic amines is 2. The molecule has 1 amide bonds. The number of rotatable bonds is 7. The molecule has 7 N–H and O–H groups in total. The van der Waals surface area contributed by atoms with Crippen molar-refractivity contribution in [2.24, 2.45) is 0 Å². The number of thiophene rings is 1. The summed E-state index contributed by atoms with van der Waals surface area (Å²) in [6, 6.07) is 8.40. The molecule has 0 bridgehead atoms. The van der Waals surface area contributed by atoms with E-state index >= 15 is 0 Å². The molecular weight excluding hydrogens is 446 g/mol. The molecule has 3 heterocycles. The molecule has 10 nitrogen and oxygen atoms in total. The number of benzene rings is 1. The second-order valence-electron chi connectivity index (χ2n) is 7.58. The molecule has 1 aromatic carbocycles. The molecule has 4 rings (SSSR count). The monoisotopic (exact) mass is 467 g/mol. The van der Waals surface area contributed by atoms with Gasteiger partial charge in [0.15, 0.2) is 0 Å². The summed E-state index contributed by atoms with van der Waals surface area (Å²) in [5.74, 6) is -1.79. The standard InChI is InChI=1S/C22H21N5O5S/c1-10(13-9-24-18-17(13)20(30)27-22(23)26-18)15-6-7-16(33-15)19(29)25-14(21(31)32)8-11-2-4-12(28)5-3-11/h2-7,9-10,14,28H,8H2,1H3,(H,25,29)(H,31,32)(H4,23,24,26,27,30)/t10?,14-/m0/s1. The Balaban J connectivity index is 1.52.